The van der Waals surface area contributed by atoms with Gasteiger partial charge in [-0.1, -0.05) is 0 Å². The van der Waals surface area contributed by atoms with Gasteiger partial charge in [0.05, 0.1) is 18.7 Å². The molecule has 25 heavy (non-hydrogen) atoms. The molecular weight excluding hydrogens is 339 g/mol. The van der Waals surface area contributed by atoms with E-state index in [1.807, 2.05) is 30.5 Å². The average Bonchev–Trinajstić information content (AvgIpc) is 2.87. The fraction of sp³-hybridized carbons (Fsp3) is 0.556. The molecular formula is C18H29N2O4P. The van der Waals surface area contributed by atoms with E-state index in [1.54, 1.807) is 7.11 Å². The van der Waals surface area contributed by atoms with Gasteiger partial charge in [-0.15, -0.1) is 0 Å². The molecule has 0 aliphatic rings. The van der Waals surface area contributed by atoms with E-state index in [2.05, 4.69) is 31.3 Å². The minimum atomic E-state index is -3.09. The third kappa shape index (κ3) is 5.58. The first kappa shape index (κ1) is 20.0. The highest BCUT2D eigenvalue weighted by Gasteiger charge is 2.20. The zero-order valence-corrected chi connectivity index (χ0v) is 16.9. The first-order valence-corrected chi connectivity index (χ1v) is 10.4. The molecule has 1 heterocycles. The summed E-state index contributed by atoms with van der Waals surface area (Å²) in [6.45, 7) is 6.32. The average molecular weight is 368 g/mol. The molecule has 6 nitrogen and oxygen atoms in total. The predicted octanol–water partition coefficient (Wildman–Crippen LogP) is 3.98. The number of likely N-dealkylation sites (N-methyl/N-ethyl adjacent to an activating group) is 1. The van der Waals surface area contributed by atoms with Crippen LogP contribution in [0.4, 0.5) is 0 Å². The number of methoxy groups -OCH3 is 1. The molecule has 1 unspecified atom stereocenters. The molecule has 0 saturated carbocycles. The summed E-state index contributed by atoms with van der Waals surface area (Å²) in [7, 11) is 2.67. The maximum atomic E-state index is 12.4. The first-order valence-electron chi connectivity index (χ1n) is 8.43. The van der Waals surface area contributed by atoms with Crippen molar-refractivity contribution >= 4 is 18.5 Å². The lowest BCUT2D eigenvalue weighted by molar-refractivity contribution is 0.146. The fourth-order valence-corrected chi connectivity index (χ4v) is 3.87. The Balaban J connectivity index is 2.29. The van der Waals surface area contributed by atoms with Crippen LogP contribution in [0, 0.1) is 0 Å². The standard InChI is InChI=1S/C18H29N2O4P/c1-14(2)24-25(6,21)23-13-20-12-15(9-10-19(3)4)17-8-7-16(22-5)11-18(17)20/h7-8,11-12,14H,9-10,13H2,1-6H3. The number of aromatic nitrogens is 1. The van der Waals surface area contributed by atoms with Gasteiger partial charge >= 0.3 is 7.60 Å². The van der Waals surface area contributed by atoms with Crippen molar-refractivity contribution in [2.75, 3.05) is 34.4 Å². The van der Waals surface area contributed by atoms with Crippen molar-refractivity contribution in [3.8, 4) is 5.75 Å². The number of rotatable bonds is 9. The smallest absolute Gasteiger partial charge is 0.329 e. The van der Waals surface area contributed by atoms with Gasteiger partial charge in [0, 0.05) is 30.9 Å². The van der Waals surface area contributed by atoms with Crippen LogP contribution in [0.25, 0.3) is 10.9 Å². The summed E-state index contributed by atoms with van der Waals surface area (Å²) < 4.78 is 30.7. The zero-order valence-electron chi connectivity index (χ0n) is 16.0. The Morgan fingerprint density at radius 2 is 2.00 bits per heavy atom. The summed E-state index contributed by atoms with van der Waals surface area (Å²) in [4.78, 5) is 2.15. The van der Waals surface area contributed by atoms with E-state index in [0.717, 1.165) is 29.6 Å². The van der Waals surface area contributed by atoms with Crippen LogP contribution in [-0.4, -0.2) is 50.0 Å². The third-order valence-electron chi connectivity index (χ3n) is 3.83. The highest BCUT2D eigenvalue weighted by Crippen LogP contribution is 2.45. The van der Waals surface area contributed by atoms with Crippen molar-refractivity contribution in [1.29, 1.82) is 0 Å². The lowest BCUT2D eigenvalue weighted by atomic mass is 10.1. The van der Waals surface area contributed by atoms with E-state index in [1.165, 1.54) is 12.2 Å². The molecule has 140 valence electrons. The number of benzene rings is 1. The monoisotopic (exact) mass is 368 g/mol. The molecule has 7 heteroatoms. The molecule has 0 amide bonds. The Morgan fingerprint density at radius 3 is 2.60 bits per heavy atom. The lowest BCUT2D eigenvalue weighted by Gasteiger charge is -2.17. The van der Waals surface area contributed by atoms with Gasteiger partial charge in [-0.2, -0.15) is 0 Å². The number of ether oxygens (including phenoxy) is 1. The molecule has 2 rings (SSSR count). The van der Waals surface area contributed by atoms with Gasteiger partial charge in [0.25, 0.3) is 0 Å². The molecule has 0 bridgehead atoms. The van der Waals surface area contributed by atoms with Crippen LogP contribution in [0.3, 0.4) is 0 Å². The van der Waals surface area contributed by atoms with Gasteiger partial charge in [0.2, 0.25) is 0 Å². The Kier molecular flexibility index (Phi) is 6.69. The number of fused-ring (bicyclic) bond motifs is 1. The molecule has 0 aliphatic heterocycles. The van der Waals surface area contributed by atoms with Gasteiger partial charge in [-0.25, -0.2) is 0 Å². The van der Waals surface area contributed by atoms with E-state index < -0.39 is 7.60 Å². The molecule has 2 aromatic rings. The molecule has 1 aromatic carbocycles. The van der Waals surface area contributed by atoms with Crippen molar-refractivity contribution in [3.63, 3.8) is 0 Å². The first-order chi connectivity index (χ1) is 11.7. The lowest BCUT2D eigenvalue weighted by Crippen LogP contribution is -2.14. The predicted molar refractivity (Wildman–Crippen MR) is 102 cm³/mol. The van der Waals surface area contributed by atoms with Crippen molar-refractivity contribution in [2.45, 2.75) is 33.1 Å². The van der Waals surface area contributed by atoms with Gasteiger partial charge in [-0.05, 0) is 52.1 Å². The molecule has 1 atom stereocenters. The maximum absolute atomic E-state index is 12.4. The zero-order chi connectivity index (χ0) is 18.6. The van der Waals surface area contributed by atoms with Gasteiger partial charge < -0.3 is 18.7 Å². The minimum absolute atomic E-state index is 0.145. The summed E-state index contributed by atoms with van der Waals surface area (Å²) in [6, 6.07) is 5.99. The molecule has 0 N–H and O–H groups in total. The number of hydrogen-bond acceptors (Lipinski definition) is 5. The van der Waals surface area contributed by atoms with E-state index in [-0.39, 0.29) is 12.8 Å². The Bertz CT molecular complexity index is 755. The van der Waals surface area contributed by atoms with Crippen LogP contribution in [0.5, 0.6) is 5.75 Å². The molecule has 0 aliphatic carbocycles. The summed E-state index contributed by atoms with van der Waals surface area (Å²) in [6.07, 6.45) is 2.84. The Morgan fingerprint density at radius 1 is 1.28 bits per heavy atom. The second kappa shape index (κ2) is 8.37. The van der Waals surface area contributed by atoms with Crippen LogP contribution >= 0.6 is 7.60 Å². The van der Waals surface area contributed by atoms with Crippen LogP contribution in [0.1, 0.15) is 19.4 Å². The fourth-order valence-electron chi connectivity index (χ4n) is 2.71. The van der Waals surface area contributed by atoms with Crippen LogP contribution in [0.2, 0.25) is 0 Å². The van der Waals surface area contributed by atoms with E-state index in [4.69, 9.17) is 13.8 Å². The quantitative estimate of drug-likeness (QED) is 0.627. The van der Waals surface area contributed by atoms with Gasteiger partial charge in [0.15, 0.2) is 0 Å². The summed E-state index contributed by atoms with van der Waals surface area (Å²) in [5, 5.41) is 1.15. The molecule has 1 aromatic heterocycles. The Hall–Kier alpha value is -1.33. The maximum Gasteiger partial charge on any atom is 0.329 e. The van der Waals surface area contributed by atoms with Crippen molar-refractivity contribution < 1.29 is 18.3 Å². The second-order valence-electron chi connectivity index (χ2n) is 6.74. The van der Waals surface area contributed by atoms with Gasteiger partial charge in [0.1, 0.15) is 12.5 Å². The molecule has 0 fully saturated rings. The molecule has 0 saturated heterocycles. The van der Waals surface area contributed by atoms with Gasteiger partial charge in [-0.3, -0.25) is 9.09 Å². The van der Waals surface area contributed by atoms with Crippen LogP contribution < -0.4 is 4.74 Å². The SMILES string of the molecule is COc1ccc2c(CCN(C)C)cn(COP(C)(=O)OC(C)C)c2c1. The topological polar surface area (TPSA) is 52.9 Å². The normalized spacial score (nSPS) is 14.4. The van der Waals surface area contributed by atoms with Crippen molar-refractivity contribution in [3.05, 3.63) is 30.0 Å². The van der Waals surface area contributed by atoms with Crippen molar-refractivity contribution in [2.24, 2.45) is 0 Å². The van der Waals surface area contributed by atoms with Crippen LogP contribution in [0.15, 0.2) is 24.4 Å². The van der Waals surface area contributed by atoms with E-state index in [9.17, 15) is 4.57 Å². The molecule has 0 radical (unpaired) electrons. The summed E-state index contributed by atoms with van der Waals surface area (Å²) >= 11 is 0. The number of hydrogen-bond donors (Lipinski definition) is 0. The highest BCUT2D eigenvalue weighted by molar-refractivity contribution is 7.52. The third-order valence-corrected chi connectivity index (χ3v) is 5.22. The number of nitrogens with zero attached hydrogens (tertiary/aromatic N) is 2. The van der Waals surface area contributed by atoms with E-state index >= 15 is 0 Å². The van der Waals surface area contributed by atoms with E-state index in [0.29, 0.717) is 0 Å². The van der Waals surface area contributed by atoms with Crippen LogP contribution in [-0.2, 0) is 26.8 Å². The Labute approximate surface area is 150 Å². The molecule has 0 spiro atoms. The van der Waals surface area contributed by atoms with Crippen molar-refractivity contribution in [1.82, 2.24) is 9.47 Å². The largest absolute Gasteiger partial charge is 0.497 e. The summed E-state index contributed by atoms with van der Waals surface area (Å²) in [5.41, 5.74) is 2.23. The minimum Gasteiger partial charge on any atom is -0.497 e. The highest BCUT2D eigenvalue weighted by atomic mass is 31.2. The summed E-state index contributed by atoms with van der Waals surface area (Å²) in [5.74, 6) is 0.782. The second-order valence-corrected chi connectivity index (χ2v) is 8.76.